The maximum atomic E-state index is 9.43. The van der Waals surface area contributed by atoms with Gasteiger partial charge in [-0.1, -0.05) is 13.8 Å². The average Bonchev–Trinajstić information content (AvgIpc) is 2.05. The Bertz CT molecular complexity index is 143. The van der Waals surface area contributed by atoms with E-state index in [2.05, 4.69) is 0 Å². The fourth-order valence-electron chi connectivity index (χ4n) is 0.654. The maximum Gasteiger partial charge on any atom is 0.154 e. The third-order valence-corrected chi connectivity index (χ3v) is 1.20. The molecule has 0 fully saturated rings. The van der Waals surface area contributed by atoms with Crippen LogP contribution in [0.25, 0.3) is 0 Å². The molecule has 0 spiro atoms. The summed E-state index contributed by atoms with van der Waals surface area (Å²) in [5.41, 5.74) is 0. The van der Waals surface area contributed by atoms with E-state index >= 15 is 0 Å². The monoisotopic (exact) mass is 202 g/mol. The highest BCUT2D eigenvalue weighted by Gasteiger charge is 1.94. The standard InChI is InChI=1S/C6H14O2.C5H8O/c1-4-7-6(3)8-5-2;1-5(2)3-4-6/h6H,4-5H2,1-3H3;3,5H,1-2H3. The minimum Gasteiger partial charge on any atom is -0.353 e. The summed E-state index contributed by atoms with van der Waals surface area (Å²) in [5.74, 6) is 2.04. The molecule has 0 aromatic rings. The van der Waals surface area contributed by atoms with Crippen LogP contribution in [0.1, 0.15) is 34.6 Å². The summed E-state index contributed by atoms with van der Waals surface area (Å²) in [6, 6.07) is 0. The van der Waals surface area contributed by atoms with E-state index < -0.39 is 0 Å². The predicted molar refractivity (Wildman–Crippen MR) is 57.8 cm³/mol. The van der Waals surface area contributed by atoms with E-state index in [1.807, 2.05) is 34.6 Å². The Kier molecular flexibility index (Phi) is 14.0. The number of ether oxygens (including phenoxy) is 2. The number of hydrogen-bond acceptors (Lipinski definition) is 3. The summed E-state index contributed by atoms with van der Waals surface area (Å²) in [4.78, 5) is 9.43. The zero-order chi connectivity index (χ0) is 11.4. The van der Waals surface area contributed by atoms with Crippen LogP contribution in [-0.4, -0.2) is 25.4 Å². The molecule has 0 N–H and O–H groups in total. The van der Waals surface area contributed by atoms with Crippen molar-refractivity contribution in [1.82, 2.24) is 0 Å². The lowest BCUT2D eigenvalue weighted by atomic mass is 10.2. The van der Waals surface area contributed by atoms with E-state index in [0.29, 0.717) is 5.92 Å². The van der Waals surface area contributed by atoms with E-state index in [1.165, 1.54) is 6.08 Å². The number of allylic oxidation sites excluding steroid dienone is 1. The molecule has 14 heavy (non-hydrogen) atoms. The normalized spacial score (nSPS) is 9.36. The summed E-state index contributed by atoms with van der Waals surface area (Å²) in [6.07, 6.45) is 1.45. The highest BCUT2D eigenvalue weighted by Crippen LogP contribution is 1.90. The molecule has 0 saturated heterocycles. The molecule has 0 amide bonds. The summed E-state index contributed by atoms with van der Waals surface area (Å²) < 4.78 is 10.1. The second-order valence-electron chi connectivity index (χ2n) is 3.01. The van der Waals surface area contributed by atoms with Gasteiger partial charge in [-0.15, -0.1) is 0 Å². The van der Waals surface area contributed by atoms with Gasteiger partial charge in [-0.25, -0.2) is 4.79 Å². The molecule has 0 radical (unpaired) electrons. The third-order valence-electron chi connectivity index (χ3n) is 1.20. The first-order valence-corrected chi connectivity index (χ1v) is 5.02. The topological polar surface area (TPSA) is 35.5 Å². The van der Waals surface area contributed by atoms with E-state index in [0.717, 1.165) is 13.2 Å². The number of carbonyl (C=O) groups excluding carboxylic acids is 1. The van der Waals surface area contributed by atoms with E-state index in [-0.39, 0.29) is 6.29 Å². The number of rotatable bonds is 5. The van der Waals surface area contributed by atoms with Gasteiger partial charge >= 0.3 is 0 Å². The quantitative estimate of drug-likeness (QED) is 0.507. The van der Waals surface area contributed by atoms with Crippen LogP contribution in [-0.2, 0) is 14.3 Å². The molecule has 0 aliphatic rings. The van der Waals surface area contributed by atoms with Crippen molar-refractivity contribution in [2.45, 2.75) is 40.9 Å². The van der Waals surface area contributed by atoms with Crippen molar-refractivity contribution in [2.24, 2.45) is 5.92 Å². The van der Waals surface area contributed by atoms with Gasteiger partial charge in [0.2, 0.25) is 0 Å². The lowest BCUT2D eigenvalue weighted by Crippen LogP contribution is -2.11. The molecule has 0 aliphatic heterocycles. The molecule has 3 nitrogen and oxygen atoms in total. The van der Waals surface area contributed by atoms with Gasteiger partial charge in [0.05, 0.1) is 0 Å². The third kappa shape index (κ3) is 17.5. The molecule has 0 atom stereocenters. The fraction of sp³-hybridized carbons (Fsp3) is 0.818. The molecular formula is C11H22O3. The largest absolute Gasteiger partial charge is 0.353 e. The van der Waals surface area contributed by atoms with Crippen LogP contribution in [0.3, 0.4) is 0 Å². The molecule has 3 heteroatoms. The molecule has 0 bridgehead atoms. The minimum atomic E-state index is -0.0370. The smallest absolute Gasteiger partial charge is 0.154 e. The van der Waals surface area contributed by atoms with Gasteiger partial charge in [0.15, 0.2) is 6.29 Å². The summed E-state index contributed by atoms with van der Waals surface area (Å²) in [5, 5.41) is 0. The lowest BCUT2D eigenvalue weighted by Gasteiger charge is -2.09. The lowest BCUT2D eigenvalue weighted by molar-refractivity contribution is -0.123. The summed E-state index contributed by atoms with van der Waals surface area (Å²) in [6.45, 7) is 11.1. The van der Waals surface area contributed by atoms with Crippen LogP contribution >= 0.6 is 0 Å². The Hall–Kier alpha value is -0.630. The zero-order valence-corrected chi connectivity index (χ0v) is 9.87. The SMILES string of the molecule is CC(C)C=C=O.CCOC(C)OCC. The van der Waals surface area contributed by atoms with Gasteiger partial charge in [0.25, 0.3) is 0 Å². The first-order chi connectivity index (χ1) is 6.58. The van der Waals surface area contributed by atoms with Crippen LogP contribution in [0.15, 0.2) is 6.08 Å². The van der Waals surface area contributed by atoms with Crippen LogP contribution < -0.4 is 0 Å². The first kappa shape index (κ1) is 15.8. The van der Waals surface area contributed by atoms with Crippen molar-refractivity contribution in [3.05, 3.63) is 6.08 Å². The first-order valence-electron chi connectivity index (χ1n) is 5.02. The minimum absolute atomic E-state index is 0.0370. The summed E-state index contributed by atoms with van der Waals surface area (Å²) in [7, 11) is 0. The van der Waals surface area contributed by atoms with E-state index in [1.54, 1.807) is 5.94 Å². The molecule has 0 aromatic heterocycles. The Morgan fingerprint density at radius 3 is 1.71 bits per heavy atom. The molecule has 0 heterocycles. The van der Waals surface area contributed by atoms with E-state index in [4.69, 9.17) is 9.47 Å². The van der Waals surface area contributed by atoms with Crippen molar-refractivity contribution >= 4 is 5.94 Å². The van der Waals surface area contributed by atoms with Crippen molar-refractivity contribution in [2.75, 3.05) is 13.2 Å². The molecule has 0 aliphatic carbocycles. The van der Waals surface area contributed by atoms with Crippen LogP contribution in [0.4, 0.5) is 0 Å². The van der Waals surface area contributed by atoms with E-state index in [9.17, 15) is 4.79 Å². The molecule has 0 aromatic carbocycles. The van der Waals surface area contributed by atoms with Crippen molar-refractivity contribution in [3.8, 4) is 0 Å². The highest BCUT2D eigenvalue weighted by atomic mass is 16.7. The van der Waals surface area contributed by atoms with Crippen molar-refractivity contribution in [3.63, 3.8) is 0 Å². The fourth-order valence-corrected chi connectivity index (χ4v) is 0.654. The molecule has 84 valence electrons. The molecule has 0 saturated carbocycles. The Balaban J connectivity index is 0. The van der Waals surface area contributed by atoms with Gasteiger partial charge in [0.1, 0.15) is 5.94 Å². The van der Waals surface area contributed by atoms with Crippen LogP contribution in [0.5, 0.6) is 0 Å². The van der Waals surface area contributed by atoms with Gasteiger partial charge in [-0.05, 0) is 26.7 Å². The Morgan fingerprint density at radius 2 is 1.57 bits per heavy atom. The average molecular weight is 202 g/mol. The van der Waals surface area contributed by atoms with Crippen molar-refractivity contribution < 1.29 is 14.3 Å². The summed E-state index contributed by atoms with van der Waals surface area (Å²) >= 11 is 0. The van der Waals surface area contributed by atoms with Gasteiger partial charge < -0.3 is 9.47 Å². The van der Waals surface area contributed by atoms with Gasteiger partial charge in [-0.3, -0.25) is 0 Å². The van der Waals surface area contributed by atoms with Crippen LogP contribution in [0, 0.1) is 5.92 Å². The second kappa shape index (κ2) is 12.4. The Labute approximate surface area is 87.1 Å². The Morgan fingerprint density at radius 1 is 1.14 bits per heavy atom. The zero-order valence-electron chi connectivity index (χ0n) is 9.87. The van der Waals surface area contributed by atoms with Crippen LogP contribution in [0.2, 0.25) is 0 Å². The highest BCUT2D eigenvalue weighted by molar-refractivity contribution is 5.45. The maximum absolute atomic E-state index is 9.43. The number of hydrogen-bond donors (Lipinski definition) is 0. The molecule has 0 unspecified atom stereocenters. The molecule has 0 rings (SSSR count). The van der Waals surface area contributed by atoms with Gasteiger partial charge in [0, 0.05) is 19.3 Å². The van der Waals surface area contributed by atoms with Crippen molar-refractivity contribution in [1.29, 1.82) is 0 Å². The van der Waals surface area contributed by atoms with Gasteiger partial charge in [-0.2, -0.15) is 0 Å². The second-order valence-corrected chi connectivity index (χ2v) is 3.01. The predicted octanol–water partition coefficient (Wildman–Crippen LogP) is 2.44. The molecular weight excluding hydrogens is 180 g/mol.